The molecule has 1 aliphatic carbocycles. The van der Waals surface area contributed by atoms with Gasteiger partial charge in [0, 0.05) is 23.9 Å². The van der Waals surface area contributed by atoms with E-state index in [0.717, 1.165) is 12.8 Å². The third kappa shape index (κ3) is 3.92. The minimum Gasteiger partial charge on any atom is -0.464 e. The maximum absolute atomic E-state index is 12.6. The number of ether oxygens (including phenoxy) is 1. The highest BCUT2D eigenvalue weighted by atomic mass is 32.1. The number of aromatic nitrogens is 2. The minimum absolute atomic E-state index is 0.0399. The number of urea groups is 1. The lowest BCUT2D eigenvalue weighted by atomic mass is 9.98. The molecule has 2 fully saturated rings. The van der Waals surface area contributed by atoms with Crippen LogP contribution in [0.5, 0.6) is 0 Å². The third-order valence-corrected chi connectivity index (χ3v) is 6.99. The van der Waals surface area contributed by atoms with Gasteiger partial charge in [-0.25, -0.2) is 9.78 Å². The zero-order chi connectivity index (χ0) is 23.0. The number of carbonyl (C=O) groups is 3. The number of hydrogen-bond acceptors (Lipinski definition) is 8. The number of nitrogens with one attached hydrogen (secondary N) is 2. The molecule has 172 valence electrons. The van der Waals surface area contributed by atoms with Crippen LogP contribution in [0.15, 0.2) is 33.0 Å². The van der Waals surface area contributed by atoms with Crippen LogP contribution >= 0.6 is 11.3 Å². The van der Waals surface area contributed by atoms with Crippen molar-refractivity contribution in [3.8, 4) is 11.3 Å². The quantitative estimate of drug-likeness (QED) is 0.400. The molecule has 3 aromatic heterocycles. The van der Waals surface area contributed by atoms with E-state index in [-0.39, 0.29) is 36.9 Å². The fourth-order valence-corrected chi connectivity index (χ4v) is 5.42. The van der Waals surface area contributed by atoms with Gasteiger partial charge in [-0.15, -0.1) is 11.3 Å². The van der Waals surface area contributed by atoms with E-state index in [1.165, 1.54) is 22.5 Å². The van der Waals surface area contributed by atoms with Gasteiger partial charge in [-0.3, -0.25) is 19.3 Å². The lowest BCUT2D eigenvalue weighted by Gasteiger charge is -2.19. The van der Waals surface area contributed by atoms with E-state index < -0.39 is 17.5 Å². The standard InChI is InChI=1S/C22H22N4O6S/c27-16(6-3-9-26-20(29)22(25-21(26)30)7-1-2-8-22)32-11-15-23-18(28)17-13(12-33-19(17)24-15)14-5-4-10-31-14/h4-5,10,12H,1-3,6-9,11H2,(H,25,30)(H,23,24,28). The van der Waals surface area contributed by atoms with Crippen molar-refractivity contribution in [2.75, 3.05) is 6.54 Å². The van der Waals surface area contributed by atoms with Gasteiger partial charge >= 0.3 is 12.0 Å². The van der Waals surface area contributed by atoms with Gasteiger partial charge in [0.25, 0.3) is 11.5 Å². The van der Waals surface area contributed by atoms with Gasteiger partial charge in [-0.1, -0.05) is 12.8 Å². The highest BCUT2D eigenvalue weighted by molar-refractivity contribution is 7.17. The molecule has 11 heteroatoms. The number of hydrogen-bond donors (Lipinski definition) is 2. The van der Waals surface area contributed by atoms with E-state index in [1.54, 1.807) is 17.5 Å². The van der Waals surface area contributed by atoms with Crippen LogP contribution in [0, 0.1) is 0 Å². The van der Waals surface area contributed by atoms with Crippen molar-refractivity contribution < 1.29 is 23.5 Å². The van der Waals surface area contributed by atoms with Crippen LogP contribution in [0.2, 0.25) is 0 Å². The Kier molecular flexibility index (Phi) is 5.49. The van der Waals surface area contributed by atoms with Crippen molar-refractivity contribution in [3.05, 3.63) is 40.0 Å². The third-order valence-electron chi connectivity index (χ3n) is 6.12. The molecule has 0 unspecified atom stereocenters. The number of fused-ring (bicyclic) bond motifs is 1. The van der Waals surface area contributed by atoms with E-state index in [2.05, 4.69) is 15.3 Å². The SMILES string of the molecule is O=C(CCCN1C(=O)NC2(CCCC2)C1=O)OCc1nc2scc(-c3ccco3)c2c(=O)[nH]1. The largest absolute Gasteiger partial charge is 0.464 e. The highest BCUT2D eigenvalue weighted by Crippen LogP contribution is 2.35. The van der Waals surface area contributed by atoms with Crippen LogP contribution in [0.3, 0.4) is 0 Å². The van der Waals surface area contributed by atoms with Crippen LogP contribution in [-0.2, 0) is 20.9 Å². The van der Waals surface area contributed by atoms with Crippen LogP contribution in [0.4, 0.5) is 4.79 Å². The van der Waals surface area contributed by atoms with Crippen LogP contribution in [-0.4, -0.2) is 44.9 Å². The second kappa shape index (κ2) is 8.47. The summed E-state index contributed by atoms with van der Waals surface area (Å²) >= 11 is 1.30. The summed E-state index contributed by atoms with van der Waals surface area (Å²) < 4.78 is 10.6. The normalized spacial score (nSPS) is 17.3. The van der Waals surface area contributed by atoms with Gasteiger partial charge in [0.1, 0.15) is 28.6 Å². The Morgan fingerprint density at radius 1 is 1.27 bits per heavy atom. The molecule has 0 radical (unpaired) electrons. The van der Waals surface area contributed by atoms with Gasteiger partial charge in [0.2, 0.25) is 0 Å². The Balaban J connectivity index is 1.15. The highest BCUT2D eigenvalue weighted by Gasteiger charge is 2.52. The maximum atomic E-state index is 12.6. The van der Waals surface area contributed by atoms with Crippen molar-refractivity contribution in [1.82, 2.24) is 20.2 Å². The fourth-order valence-electron chi connectivity index (χ4n) is 4.47. The average molecular weight is 471 g/mol. The number of thiophene rings is 1. The molecule has 1 saturated heterocycles. The first-order valence-electron chi connectivity index (χ1n) is 10.8. The fraction of sp³-hybridized carbons (Fsp3) is 0.409. The molecule has 1 aliphatic heterocycles. The predicted molar refractivity (Wildman–Crippen MR) is 118 cm³/mol. The molecule has 0 atom stereocenters. The molecule has 1 saturated carbocycles. The zero-order valence-electron chi connectivity index (χ0n) is 17.7. The molecule has 4 heterocycles. The van der Waals surface area contributed by atoms with E-state index in [4.69, 9.17) is 9.15 Å². The summed E-state index contributed by atoms with van der Waals surface area (Å²) in [6.07, 6.45) is 5.05. The molecule has 0 bridgehead atoms. The molecule has 2 aliphatic rings. The smallest absolute Gasteiger partial charge is 0.325 e. The first-order valence-corrected chi connectivity index (χ1v) is 11.7. The number of amides is 3. The summed E-state index contributed by atoms with van der Waals surface area (Å²) in [5.41, 5.74) is -0.415. The Morgan fingerprint density at radius 3 is 2.85 bits per heavy atom. The molecular weight excluding hydrogens is 448 g/mol. The van der Waals surface area contributed by atoms with Gasteiger partial charge in [0.15, 0.2) is 0 Å². The molecule has 0 aromatic carbocycles. The number of rotatable bonds is 7. The number of furan rings is 1. The first kappa shape index (κ1) is 21.4. The summed E-state index contributed by atoms with van der Waals surface area (Å²) in [6, 6.07) is 3.12. The number of esters is 1. The molecule has 5 rings (SSSR count). The molecule has 2 N–H and O–H groups in total. The number of imide groups is 1. The molecule has 3 amide bonds. The van der Waals surface area contributed by atoms with Crippen LogP contribution in [0.1, 0.15) is 44.3 Å². The van der Waals surface area contributed by atoms with Crippen LogP contribution < -0.4 is 10.9 Å². The summed E-state index contributed by atoms with van der Waals surface area (Å²) in [5, 5.41) is 5.05. The first-order chi connectivity index (χ1) is 16.0. The van der Waals surface area contributed by atoms with Gasteiger partial charge in [-0.2, -0.15) is 0 Å². The summed E-state index contributed by atoms with van der Waals surface area (Å²) in [6.45, 7) is -0.0163. The molecule has 10 nitrogen and oxygen atoms in total. The van der Waals surface area contributed by atoms with Crippen molar-refractivity contribution >= 4 is 39.5 Å². The topological polar surface area (TPSA) is 135 Å². The van der Waals surface area contributed by atoms with E-state index in [1.807, 2.05) is 0 Å². The monoisotopic (exact) mass is 470 g/mol. The van der Waals surface area contributed by atoms with Crippen molar-refractivity contribution in [2.24, 2.45) is 0 Å². The minimum atomic E-state index is -0.744. The molecular formula is C22H22N4O6S. The lowest BCUT2D eigenvalue weighted by molar-refractivity contribution is -0.145. The second-order valence-corrected chi connectivity index (χ2v) is 9.12. The number of H-pyrrole nitrogens is 1. The van der Waals surface area contributed by atoms with E-state index in [0.29, 0.717) is 40.8 Å². The van der Waals surface area contributed by atoms with E-state index in [9.17, 15) is 19.2 Å². The Bertz CT molecular complexity index is 1270. The average Bonchev–Trinajstić information content (AvgIpc) is 3.57. The summed E-state index contributed by atoms with van der Waals surface area (Å²) in [5.74, 6) is 0.129. The maximum Gasteiger partial charge on any atom is 0.325 e. The summed E-state index contributed by atoms with van der Waals surface area (Å²) in [4.78, 5) is 58.3. The summed E-state index contributed by atoms with van der Waals surface area (Å²) in [7, 11) is 0. The van der Waals surface area contributed by atoms with Crippen molar-refractivity contribution in [1.29, 1.82) is 0 Å². The van der Waals surface area contributed by atoms with Crippen molar-refractivity contribution in [2.45, 2.75) is 50.7 Å². The van der Waals surface area contributed by atoms with Crippen LogP contribution in [0.25, 0.3) is 21.5 Å². The Hall–Kier alpha value is -3.47. The number of nitrogens with zero attached hydrogens (tertiary/aromatic N) is 2. The number of carbonyl (C=O) groups excluding carboxylic acids is 3. The zero-order valence-corrected chi connectivity index (χ0v) is 18.5. The predicted octanol–water partition coefficient (Wildman–Crippen LogP) is 2.93. The lowest BCUT2D eigenvalue weighted by Crippen LogP contribution is -2.44. The molecule has 33 heavy (non-hydrogen) atoms. The van der Waals surface area contributed by atoms with Gasteiger partial charge in [0.05, 0.1) is 11.6 Å². The Morgan fingerprint density at radius 2 is 2.09 bits per heavy atom. The van der Waals surface area contributed by atoms with Crippen molar-refractivity contribution in [3.63, 3.8) is 0 Å². The molecule has 1 spiro atoms. The van der Waals surface area contributed by atoms with Gasteiger partial charge < -0.3 is 19.5 Å². The second-order valence-electron chi connectivity index (χ2n) is 8.26. The Labute approximate surface area is 191 Å². The molecule has 3 aromatic rings. The van der Waals surface area contributed by atoms with E-state index >= 15 is 0 Å². The number of aromatic amines is 1. The van der Waals surface area contributed by atoms with Gasteiger partial charge in [-0.05, 0) is 31.4 Å².